The Bertz CT molecular complexity index is 884. The number of rotatable bonds is 7. The zero-order valence-corrected chi connectivity index (χ0v) is 23.9. The van der Waals surface area contributed by atoms with Crippen LogP contribution < -0.4 is 0 Å². The lowest BCUT2D eigenvalue weighted by Crippen LogP contribution is -2.55. The van der Waals surface area contributed by atoms with Crippen LogP contribution in [0.2, 0.25) is 0 Å². The molecule has 0 radical (unpaired) electrons. The van der Waals surface area contributed by atoms with E-state index in [4.69, 9.17) is 9.84 Å². The molecule has 1 saturated heterocycles. The molecule has 0 aromatic rings. The van der Waals surface area contributed by atoms with Gasteiger partial charge in [0.2, 0.25) is 0 Å². The van der Waals surface area contributed by atoms with Gasteiger partial charge >= 0.3 is 5.97 Å². The van der Waals surface area contributed by atoms with Crippen molar-refractivity contribution in [3.8, 4) is 0 Å². The molecule has 5 rings (SSSR count). The summed E-state index contributed by atoms with van der Waals surface area (Å²) in [7, 11) is 0. The van der Waals surface area contributed by atoms with Crippen molar-refractivity contribution in [2.75, 3.05) is 32.8 Å². The minimum atomic E-state index is -0.750. The van der Waals surface area contributed by atoms with Gasteiger partial charge in [0.15, 0.2) is 5.78 Å². The van der Waals surface area contributed by atoms with Gasteiger partial charge in [0.1, 0.15) is 6.61 Å². The van der Waals surface area contributed by atoms with E-state index in [9.17, 15) is 19.8 Å². The highest BCUT2D eigenvalue weighted by molar-refractivity contribution is 5.85. The van der Waals surface area contributed by atoms with Crippen molar-refractivity contribution in [2.45, 2.75) is 103 Å². The predicted octanol–water partition coefficient (Wildman–Crippen LogP) is 3.57. The Balaban J connectivity index is 1.15. The summed E-state index contributed by atoms with van der Waals surface area (Å²) in [6, 6.07) is 0. The molecule has 38 heavy (non-hydrogen) atoms. The van der Waals surface area contributed by atoms with E-state index < -0.39 is 11.7 Å². The minimum absolute atomic E-state index is 0.00684. The highest BCUT2D eigenvalue weighted by Gasteiger charge is 2.61. The number of piperidine rings is 1. The summed E-state index contributed by atoms with van der Waals surface area (Å²) in [4.78, 5) is 28.3. The third-order valence-corrected chi connectivity index (χ3v) is 12.3. The first kappa shape index (κ1) is 28.5. The number of fused-ring (bicyclic) bond motifs is 5. The molecular weight excluding hydrogens is 482 g/mol. The molecular formula is C31H51NO6. The SMILES string of the molecule is C[C@@]1(O)CC[C@@]2(C)C(CC[C@@H]3C2CC[C@]2(C)[C@@H](C(=O)COC(=O)C4CCN(CC(O)CO)CC4)CC[C@@H]32)C1. The number of hydrogen-bond donors (Lipinski definition) is 3. The second kappa shape index (κ2) is 10.8. The van der Waals surface area contributed by atoms with Crippen molar-refractivity contribution in [2.24, 2.45) is 46.3 Å². The van der Waals surface area contributed by atoms with Crippen LogP contribution in [-0.2, 0) is 14.3 Å². The van der Waals surface area contributed by atoms with E-state index in [2.05, 4.69) is 18.7 Å². The Morgan fingerprint density at radius 3 is 2.34 bits per heavy atom. The molecule has 4 saturated carbocycles. The number of ether oxygens (including phenoxy) is 1. The summed E-state index contributed by atoms with van der Waals surface area (Å²) in [5.74, 6) is 2.20. The summed E-state index contributed by atoms with van der Waals surface area (Å²) in [6.45, 7) is 8.31. The first-order valence-electron chi connectivity index (χ1n) is 15.4. The van der Waals surface area contributed by atoms with Crippen LogP contribution in [0.4, 0.5) is 0 Å². The maximum absolute atomic E-state index is 13.5. The molecule has 0 aromatic carbocycles. The van der Waals surface area contributed by atoms with Gasteiger partial charge in [-0.3, -0.25) is 9.59 Å². The van der Waals surface area contributed by atoms with E-state index in [1.807, 2.05) is 6.92 Å². The number of esters is 1. The van der Waals surface area contributed by atoms with E-state index in [1.165, 1.54) is 19.3 Å². The third kappa shape index (κ3) is 5.22. The van der Waals surface area contributed by atoms with Crippen molar-refractivity contribution < 1.29 is 29.6 Å². The zero-order chi connectivity index (χ0) is 27.3. The molecule has 0 spiro atoms. The number of carbonyl (C=O) groups excluding carboxylic acids is 2. The molecule has 0 aromatic heterocycles. The van der Waals surface area contributed by atoms with Crippen LogP contribution in [0, 0.1) is 46.3 Å². The highest BCUT2D eigenvalue weighted by atomic mass is 16.5. The zero-order valence-electron chi connectivity index (χ0n) is 23.9. The van der Waals surface area contributed by atoms with Crippen molar-refractivity contribution in [1.29, 1.82) is 0 Å². The van der Waals surface area contributed by atoms with Crippen LogP contribution >= 0.6 is 0 Å². The largest absolute Gasteiger partial charge is 0.457 e. The number of ketones is 1. The topological polar surface area (TPSA) is 107 Å². The average molecular weight is 534 g/mol. The van der Waals surface area contributed by atoms with E-state index in [-0.39, 0.29) is 42.2 Å². The summed E-state index contributed by atoms with van der Waals surface area (Å²) in [6.07, 6.45) is 10.2. The minimum Gasteiger partial charge on any atom is -0.457 e. The summed E-state index contributed by atoms with van der Waals surface area (Å²) < 4.78 is 5.61. The van der Waals surface area contributed by atoms with Crippen LogP contribution in [0.5, 0.6) is 0 Å². The van der Waals surface area contributed by atoms with Gasteiger partial charge in [0.05, 0.1) is 24.2 Å². The molecule has 7 heteroatoms. The van der Waals surface area contributed by atoms with Crippen molar-refractivity contribution in [3.05, 3.63) is 0 Å². The quantitative estimate of drug-likeness (QED) is 0.430. The van der Waals surface area contributed by atoms with E-state index in [0.717, 1.165) is 38.5 Å². The maximum atomic E-state index is 13.5. The number of likely N-dealkylation sites (tertiary alicyclic amines) is 1. The Morgan fingerprint density at radius 2 is 1.63 bits per heavy atom. The van der Waals surface area contributed by atoms with Gasteiger partial charge in [-0.25, -0.2) is 0 Å². The normalized spacial score (nSPS) is 44.5. The molecule has 7 nitrogen and oxygen atoms in total. The summed E-state index contributed by atoms with van der Waals surface area (Å²) in [5, 5.41) is 29.4. The highest BCUT2D eigenvalue weighted by Crippen LogP contribution is 2.68. The first-order chi connectivity index (χ1) is 18.0. The van der Waals surface area contributed by atoms with Gasteiger partial charge in [-0.2, -0.15) is 0 Å². The van der Waals surface area contributed by atoms with Crippen molar-refractivity contribution >= 4 is 11.8 Å². The second-order valence-corrected chi connectivity index (χ2v) is 14.5. The van der Waals surface area contributed by atoms with Crippen LogP contribution in [0.15, 0.2) is 0 Å². The fourth-order valence-corrected chi connectivity index (χ4v) is 10.0. The lowest BCUT2D eigenvalue weighted by molar-refractivity contribution is -0.159. The molecule has 5 fully saturated rings. The van der Waals surface area contributed by atoms with Gasteiger partial charge in [0, 0.05) is 12.5 Å². The third-order valence-electron chi connectivity index (χ3n) is 12.3. The molecule has 1 heterocycles. The monoisotopic (exact) mass is 533 g/mol. The number of aliphatic hydroxyl groups excluding tert-OH is 2. The van der Waals surface area contributed by atoms with E-state index in [1.54, 1.807) is 0 Å². The van der Waals surface area contributed by atoms with Crippen molar-refractivity contribution in [1.82, 2.24) is 4.90 Å². The van der Waals surface area contributed by atoms with E-state index >= 15 is 0 Å². The van der Waals surface area contributed by atoms with Crippen molar-refractivity contribution in [3.63, 3.8) is 0 Å². The fraction of sp³-hybridized carbons (Fsp3) is 0.935. The summed E-state index contributed by atoms with van der Waals surface area (Å²) >= 11 is 0. The van der Waals surface area contributed by atoms with Crippen LogP contribution in [0.1, 0.15) is 91.4 Å². The number of Topliss-reactive ketones (excluding diaryl/α,β-unsaturated/α-hetero) is 1. The smallest absolute Gasteiger partial charge is 0.309 e. The molecule has 1 aliphatic heterocycles. The van der Waals surface area contributed by atoms with Gasteiger partial charge in [-0.1, -0.05) is 13.8 Å². The van der Waals surface area contributed by atoms with Gasteiger partial charge in [-0.15, -0.1) is 0 Å². The second-order valence-electron chi connectivity index (χ2n) is 14.5. The fourth-order valence-electron chi connectivity index (χ4n) is 10.0. The average Bonchev–Trinajstić information content (AvgIpc) is 3.25. The number of aliphatic hydroxyl groups is 3. The maximum Gasteiger partial charge on any atom is 0.309 e. The number of nitrogens with zero attached hydrogens (tertiary/aromatic N) is 1. The Morgan fingerprint density at radius 1 is 0.921 bits per heavy atom. The number of carbonyl (C=O) groups is 2. The van der Waals surface area contributed by atoms with Crippen LogP contribution in [0.25, 0.3) is 0 Å². The molecule has 5 aliphatic rings. The molecule has 0 bridgehead atoms. The van der Waals surface area contributed by atoms with Crippen LogP contribution in [-0.4, -0.2) is 76.5 Å². The van der Waals surface area contributed by atoms with Gasteiger partial charge < -0.3 is 25.0 Å². The van der Waals surface area contributed by atoms with E-state index in [0.29, 0.717) is 61.6 Å². The molecule has 3 unspecified atom stereocenters. The molecule has 3 N–H and O–H groups in total. The van der Waals surface area contributed by atoms with Gasteiger partial charge in [-0.05, 0) is 125 Å². The lowest BCUT2D eigenvalue weighted by Gasteiger charge is -2.61. The Kier molecular flexibility index (Phi) is 8.07. The Hall–Kier alpha value is -1.02. The van der Waals surface area contributed by atoms with Gasteiger partial charge in [0.25, 0.3) is 0 Å². The predicted molar refractivity (Wildman–Crippen MR) is 144 cm³/mol. The Labute approximate surface area is 228 Å². The summed E-state index contributed by atoms with van der Waals surface area (Å²) in [5.41, 5.74) is -0.190. The molecule has 4 aliphatic carbocycles. The number of hydrogen-bond acceptors (Lipinski definition) is 7. The standard InChI is InChI=1S/C31H51NO6/c1-29(37)12-13-30(2)21(16-29)4-5-23-24-6-7-26(31(24,3)11-8-25(23)30)27(35)19-38-28(36)20-9-14-32(15-10-20)17-22(34)18-33/h20-26,33-34,37H,4-19H2,1-3H3/t21?,22?,23-,24-,25?,26+,29+,30-,31-/m0/s1. The van der Waals surface area contributed by atoms with Crippen LogP contribution in [0.3, 0.4) is 0 Å². The molecule has 0 amide bonds. The number of β-amino-alcohol motifs (C(OH)–C–C–N with tert-alkyl or cyclic N) is 1. The first-order valence-corrected chi connectivity index (χ1v) is 15.4. The lowest BCUT2D eigenvalue weighted by atomic mass is 9.44. The molecule has 9 atom stereocenters. The molecule has 216 valence electrons.